The van der Waals surface area contributed by atoms with E-state index in [9.17, 15) is 0 Å². The molecule has 0 fully saturated rings. The van der Waals surface area contributed by atoms with Crippen molar-refractivity contribution in [2.24, 2.45) is 4.99 Å². The third-order valence-corrected chi connectivity index (χ3v) is 2.54. The smallest absolute Gasteiger partial charge is 0.191 e. The van der Waals surface area contributed by atoms with Gasteiger partial charge in [0.2, 0.25) is 0 Å². The van der Waals surface area contributed by atoms with Crippen LogP contribution in [-0.2, 0) is 4.74 Å². The molecule has 0 aliphatic carbocycles. The van der Waals surface area contributed by atoms with Crippen molar-refractivity contribution in [1.29, 1.82) is 0 Å². The van der Waals surface area contributed by atoms with Gasteiger partial charge in [-0.15, -0.1) is 0 Å². The number of aliphatic imine (C=N–C) groups is 1. The Labute approximate surface area is 99.9 Å². The van der Waals surface area contributed by atoms with Crippen LogP contribution in [0, 0.1) is 0 Å². The maximum Gasteiger partial charge on any atom is 0.191 e. The molecule has 0 radical (unpaired) electrons. The number of hydrogen-bond acceptors (Lipinski definition) is 2. The third kappa shape index (κ3) is 8.53. The molecule has 0 heterocycles. The first-order valence-electron chi connectivity index (χ1n) is 6.20. The Kier molecular flexibility index (Phi) is 10.2. The van der Waals surface area contributed by atoms with Gasteiger partial charge in [-0.2, -0.15) is 0 Å². The van der Waals surface area contributed by atoms with Gasteiger partial charge in [0, 0.05) is 33.4 Å². The standard InChI is InChI=1S/C12H27N3O/c1-5-11(2)15-12(13-3)14-9-7-6-8-10-16-4/h11H,5-10H2,1-4H3,(H2,13,14,15). The Balaban J connectivity index is 3.49. The monoisotopic (exact) mass is 229 g/mol. The summed E-state index contributed by atoms with van der Waals surface area (Å²) in [5, 5.41) is 6.64. The van der Waals surface area contributed by atoms with Gasteiger partial charge in [0.1, 0.15) is 0 Å². The molecule has 0 spiro atoms. The van der Waals surface area contributed by atoms with Crippen molar-refractivity contribution >= 4 is 5.96 Å². The molecule has 1 atom stereocenters. The van der Waals surface area contributed by atoms with Crippen molar-refractivity contribution in [3.8, 4) is 0 Å². The zero-order valence-corrected chi connectivity index (χ0v) is 11.2. The van der Waals surface area contributed by atoms with Crippen LogP contribution in [0.1, 0.15) is 39.5 Å². The van der Waals surface area contributed by atoms with Crippen molar-refractivity contribution in [1.82, 2.24) is 10.6 Å². The van der Waals surface area contributed by atoms with E-state index >= 15 is 0 Å². The zero-order chi connectivity index (χ0) is 12.2. The third-order valence-electron chi connectivity index (χ3n) is 2.54. The molecular weight excluding hydrogens is 202 g/mol. The summed E-state index contributed by atoms with van der Waals surface area (Å²) in [6.45, 7) is 6.15. The molecule has 0 aromatic rings. The highest BCUT2D eigenvalue weighted by molar-refractivity contribution is 5.79. The Morgan fingerprint density at radius 3 is 2.62 bits per heavy atom. The van der Waals surface area contributed by atoms with E-state index in [4.69, 9.17) is 4.74 Å². The average Bonchev–Trinajstić information content (AvgIpc) is 2.31. The molecule has 0 saturated heterocycles. The van der Waals surface area contributed by atoms with Crippen LogP contribution in [0.5, 0.6) is 0 Å². The first-order chi connectivity index (χ1) is 7.74. The Hall–Kier alpha value is -0.770. The number of methoxy groups -OCH3 is 1. The van der Waals surface area contributed by atoms with Crippen LogP contribution in [-0.4, -0.2) is 39.3 Å². The van der Waals surface area contributed by atoms with Crippen molar-refractivity contribution in [2.45, 2.75) is 45.6 Å². The van der Waals surface area contributed by atoms with Crippen LogP contribution in [0.2, 0.25) is 0 Å². The lowest BCUT2D eigenvalue weighted by atomic mass is 10.2. The summed E-state index contributed by atoms with van der Waals surface area (Å²) in [6.07, 6.45) is 4.59. The molecule has 0 rings (SSSR count). The molecule has 0 aromatic heterocycles. The molecule has 0 aliphatic rings. The number of rotatable bonds is 8. The summed E-state index contributed by atoms with van der Waals surface area (Å²) >= 11 is 0. The van der Waals surface area contributed by atoms with Gasteiger partial charge in [-0.25, -0.2) is 0 Å². The lowest BCUT2D eigenvalue weighted by molar-refractivity contribution is 0.192. The molecule has 4 heteroatoms. The fourth-order valence-corrected chi connectivity index (χ4v) is 1.29. The van der Waals surface area contributed by atoms with Gasteiger partial charge in [0.05, 0.1) is 0 Å². The first-order valence-corrected chi connectivity index (χ1v) is 6.20. The van der Waals surface area contributed by atoms with Crippen molar-refractivity contribution in [3.05, 3.63) is 0 Å². The summed E-state index contributed by atoms with van der Waals surface area (Å²) in [4.78, 5) is 4.18. The predicted molar refractivity (Wildman–Crippen MR) is 70.0 cm³/mol. The lowest BCUT2D eigenvalue weighted by Gasteiger charge is -2.16. The fraction of sp³-hybridized carbons (Fsp3) is 0.917. The van der Waals surface area contributed by atoms with E-state index in [2.05, 4.69) is 29.5 Å². The van der Waals surface area contributed by atoms with E-state index in [0.29, 0.717) is 6.04 Å². The Morgan fingerprint density at radius 1 is 1.31 bits per heavy atom. The van der Waals surface area contributed by atoms with Crippen molar-refractivity contribution in [2.75, 3.05) is 27.3 Å². The minimum Gasteiger partial charge on any atom is -0.385 e. The molecule has 96 valence electrons. The highest BCUT2D eigenvalue weighted by atomic mass is 16.5. The Bertz CT molecular complexity index is 183. The molecule has 4 nitrogen and oxygen atoms in total. The molecule has 0 bridgehead atoms. The van der Waals surface area contributed by atoms with E-state index in [0.717, 1.165) is 38.4 Å². The van der Waals surface area contributed by atoms with E-state index in [-0.39, 0.29) is 0 Å². The van der Waals surface area contributed by atoms with Gasteiger partial charge in [-0.05, 0) is 32.6 Å². The highest BCUT2D eigenvalue weighted by Crippen LogP contribution is 1.94. The topological polar surface area (TPSA) is 45.7 Å². The largest absolute Gasteiger partial charge is 0.385 e. The minimum absolute atomic E-state index is 0.472. The molecule has 0 saturated carbocycles. The van der Waals surface area contributed by atoms with Crippen LogP contribution >= 0.6 is 0 Å². The molecule has 2 N–H and O–H groups in total. The first kappa shape index (κ1) is 15.2. The number of guanidine groups is 1. The number of ether oxygens (including phenoxy) is 1. The molecule has 1 unspecified atom stereocenters. The zero-order valence-electron chi connectivity index (χ0n) is 11.2. The van der Waals surface area contributed by atoms with Crippen LogP contribution < -0.4 is 10.6 Å². The van der Waals surface area contributed by atoms with Gasteiger partial charge in [0.25, 0.3) is 0 Å². The summed E-state index contributed by atoms with van der Waals surface area (Å²) < 4.78 is 5.00. The van der Waals surface area contributed by atoms with Gasteiger partial charge in [-0.1, -0.05) is 6.92 Å². The second kappa shape index (κ2) is 10.7. The molecule has 0 amide bonds. The van der Waals surface area contributed by atoms with E-state index < -0.39 is 0 Å². The van der Waals surface area contributed by atoms with Crippen molar-refractivity contribution < 1.29 is 4.74 Å². The van der Waals surface area contributed by atoms with Crippen LogP contribution in [0.25, 0.3) is 0 Å². The van der Waals surface area contributed by atoms with Gasteiger partial charge < -0.3 is 15.4 Å². The maximum atomic E-state index is 5.00. The molecular formula is C12H27N3O. The number of nitrogens with zero attached hydrogens (tertiary/aromatic N) is 1. The lowest BCUT2D eigenvalue weighted by Crippen LogP contribution is -2.42. The van der Waals surface area contributed by atoms with Crippen LogP contribution in [0.4, 0.5) is 0 Å². The van der Waals surface area contributed by atoms with Crippen LogP contribution in [0.3, 0.4) is 0 Å². The summed E-state index contributed by atoms with van der Waals surface area (Å²) in [6, 6.07) is 0.472. The quantitative estimate of drug-likeness (QED) is 0.379. The number of unbranched alkanes of at least 4 members (excludes halogenated alkanes) is 2. The van der Waals surface area contributed by atoms with E-state index in [1.54, 1.807) is 7.11 Å². The second-order valence-electron chi connectivity index (χ2n) is 4.01. The second-order valence-corrected chi connectivity index (χ2v) is 4.01. The maximum absolute atomic E-state index is 5.00. The molecule has 0 aliphatic heterocycles. The van der Waals surface area contributed by atoms with Crippen molar-refractivity contribution in [3.63, 3.8) is 0 Å². The molecule has 0 aromatic carbocycles. The normalized spacial score (nSPS) is 13.6. The van der Waals surface area contributed by atoms with Gasteiger partial charge in [-0.3, -0.25) is 4.99 Å². The fourth-order valence-electron chi connectivity index (χ4n) is 1.29. The summed E-state index contributed by atoms with van der Waals surface area (Å²) in [7, 11) is 3.55. The summed E-state index contributed by atoms with van der Waals surface area (Å²) in [5.41, 5.74) is 0. The van der Waals surface area contributed by atoms with Crippen LogP contribution in [0.15, 0.2) is 4.99 Å². The Morgan fingerprint density at radius 2 is 2.06 bits per heavy atom. The van der Waals surface area contributed by atoms with Gasteiger partial charge >= 0.3 is 0 Å². The predicted octanol–water partition coefficient (Wildman–Crippen LogP) is 1.77. The van der Waals surface area contributed by atoms with E-state index in [1.807, 2.05) is 7.05 Å². The van der Waals surface area contributed by atoms with Gasteiger partial charge in [0.15, 0.2) is 5.96 Å². The van der Waals surface area contributed by atoms with E-state index in [1.165, 1.54) is 6.42 Å². The highest BCUT2D eigenvalue weighted by Gasteiger charge is 2.01. The SMILES string of the molecule is CCC(C)NC(=NC)NCCCCCOC. The number of nitrogens with one attached hydrogen (secondary N) is 2. The average molecular weight is 229 g/mol. The minimum atomic E-state index is 0.472. The number of hydrogen-bond donors (Lipinski definition) is 2. The summed E-state index contributed by atoms with van der Waals surface area (Å²) in [5.74, 6) is 0.904. The molecule has 16 heavy (non-hydrogen) atoms.